The second-order valence-corrected chi connectivity index (χ2v) is 8.12. The number of pyridine rings is 1. The van der Waals surface area contributed by atoms with Gasteiger partial charge in [-0.1, -0.05) is 41.6 Å². The standard InChI is InChI=1S/C22H17ClN6OS/c1-29-18-8-7-14(23)10-17(18)27-19(29)12-31-22-13(11-24)9-16(20(25)28-22)21(30)26-15-5-3-2-4-6-15/h2-10H,12H2,1H3,(H2,25,28)(H,26,30). The van der Waals surface area contributed by atoms with Crippen molar-refractivity contribution in [2.75, 3.05) is 11.1 Å². The SMILES string of the molecule is Cn1c(CSc2nc(N)c(C(=O)Nc3ccccc3)cc2C#N)nc2cc(Cl)ccc21. The molecule has 0 saturated carbocycles. The smallest absolute Gasteiger partial charge is 0.259 e. The molecule has 0 aliphatic carbocycles. The van der Waals surface area contributed by atoms with Crippen molar-refractivity contribution < 1.29 is 4.79 Å². The topological polar surface area (TPSA) is 110 Å². The first kappa shape index (κ1) is 20.7. The molecule has 0 saturated heterocycles. The number of aryl methyl sites for hydroxylation is 1. The molecule has 0 fully saturated rings. The molecule has 0 aliphatic rings. The molecule has 0 radical (unpaired) electrons. The lowest BCUT2D eigenvalue weighted by Gasteiger charge is -2.10. The third-order valence-corrected chi connectivity index (χ3v) is 5.91. The minimum atomic E-state index is -0.420. The zero-order chi connectivity index (χ0) is 22.0. The lowest BCUT2D eigenvalue weighted by atomic mass is 10.2. The number of hydrogen-bond donors (Lipinski definition) is 2. The molecule has 2 heterocycles. The third-order valence-electron chi connectivity index (χ3n) is 4.69. The number of aromatic nitrogens is 3. The van der Waals surface area contributed by atoms with Gasteiger partial charge in [0.2, 0.25) is 0 Å². The number of carbonyl (C=O) groups excluding carboxylic acids is 1. The third kappa shape index (κ3) is 4.33. The second-order valence-electron chi connectivity index (χ2n) is 6.71. The maximum Gasteiger partial charge on any atom is 0.259 e. The van der Waals surface area contributed by atoms with Crippen molar-refractivity contribution in [2.45, 2.75) is 10.8 Å². The highest BCUT2D eigenvalue weighted by Crippen LogP contribution is 2.29. The number of para-hydroxylation sites is 1. The number of nitrogens with one attached hydrogen (secondary N) is 1. The number of fused-ring (bicyclic) bond motifs is 1. The predicted octanol–water partition coefficient (Wildman–Crippen LogP) is 4.62. The van der Waals surface area contributed by atoms with Gasteiger partial charge in [-0.3, -0.25) is 4.79 Å². The Labute approximate surface area is 187 Å². The zero-order valence-corrected chi connectivity index (χ0v) is 18.0. The fourth-order valence-electron chi connectivity index (χ4n) is 3.09. The Hall–Kier alpha value is -3.54. The molecule has 7 nitrogen and oxygen atoms in total. The van der Waals surface area contributed by atoms with Crippen molar-refractivity contribution in [1.82, 2.24) is 14.5 Å². The van der Waals surface area contributed by atoms with E-state index in [0.717, 1.165) is 16.9 Å². The molecule has 0 aliphatic heterocycles. The van der Waals surface area contributed by atoms with E-state index < -0.39 is 5.91 Å². The van der Waals surface area contributed by atoms with E-state index in [1.807, 2.05) is 48.0 Å². The van der Waals surface area contributed by atoms with E-state index in [2.05, 4.69) is 21.4 Å². The Balaban J connectivity index is 1.57. The molecule has 0 atom stereocenters. The molecule has 1 amide bonds. The number of anilines is 2. The van der Waals surface area contributed by atoms with E-state index >= 15 is 0 Å². The van der Waals surface area contributed by atoms with Gasteiger partial charge in [-0.15, -0.1) is 0 Å². The minimum absolute atomic E-state index is 0.0618. The fraction of sp³-hybridized carbons (Fsp3) is 0.0909. The summed E-state index contributed by atoms with van der Waals surface area (Å²) >= 11 is 7.39. The van der Waals surface area contributed by atoms with Gasteiger partial charge in [0.15, 0.2) is 0 Å². The van der Waals surface area contributed by atoms with Gasteiger partial charge < -0.3 is 15.6 Å². The van der Waals surface area contributed by atoms with Crippen LogP contribution in [-0.2, 0) is 12.8 Å². The van der Waals surface area contributed by atoms with Crippen molar-refractivity contribution in [2.24, 2.45) is 7.05 Å². The summed E-state index contributed by atoms with van der Waals surface area (Å²) < 4.78 is 1.97. The summed E-state index contributed by atoms with van der Waals surface area (Å²) in [7, 11) is 1.92. The molecule has 9 heteroatoms. The number of rotatable bonds is 5. The summed E-state index contributed by atoms with van der Waals surface area (Å²) in [6.45, 7) is 0. The fourth-order valence-corrected chi connectivity index (χ4v) is 4.20. The number of carbonyl (C=O) groups is 1. The number of nitrogens with zero attached hydrogens (tertiary/aromatic N) is 4. The van der Waals surface area contributed by atoms with Crippen LogP contribution in [0.15, 0.2) is 59.6 Å². The Morgan fingerprint density at radius 2 is 2.00 bits per heavy atom. The Morgan fingerprint density at radius 1 is 1.23 bits per heavy atom. The number of thioether (sulfide) groups is 1. The highest BCUT2D eigenvalue weighted by molar-refractivity contribution is 7.98. The molecule has 2 aromatic carbocycles. The van der Waals surface area contributed by atoms with Gasteiger partial charge in [-0.2, -0.15) is 5.26 Å². The van der Waals surface area contributed by atoms with Crippen LogP contribution in [0, 0.1) is 11.3 Å². The average Bonchev–Trinajstić information content (AvgIpc) is 3.07. The molecule has 0 spiro atoms. The largest absolute Gasteiger partial charge is 0.383 e. The van der Waals surface area contributed by atoms with Crippen LogP contribution in [0.5, 0.6) is 0 Å². The first-order valence-corrected chi connectivity index (χ1v) is 10.6. The quantitative estimate of drug-likeness (QED) is 0.431. The van der Waals surface area contributed by atoms with E-state index in [0.29, 0.717) is 21.5 Å². The summed E-state index contributed by atoms with van der Waals surface area (Å²) in [6.07, 6.45) is 0. The van der Waals surface area contributed by atoms with Crippen LogP contribution in [0.25, 0.3) is 11.0 Å². The van der Waals surface area contributed by atoms with E-state index in [9.17, 15) is 10.1 Å². The highest BCUT2D eigenvalue weighted by atomic mass is 35.5. The van der Waals surface area contributed by atoms with Crippen molar-refractivity contribution in [1.29, 1.82) is 5.26 Å². The molecule has 0 bridgehead atoms. The van der Waals surface area contributed by atoms with Crippen LogP contribution in [0.3, 0.4) is 0 Å². The molecule has 0 unspecified atom stereocenters. The van der Waals surface area contributed by atoms with Crippen LogP contribution in [0.4, 0.5) is 11.5 Å². The lowest BCUT2D eigenvalue weighted by Crippen LogP contribution is -2.15. The molecule has 154 valence electrons. The summed E-state index contributed by atoms with van der Waals surface area (Å²) in [5, 5.41) is 13.4. The molecule has 3 N–H and O–H groups in total. The van der Waals surface area contributed by atoms with E-state index in [1.165, 1.54) is 17.8 Å². The lowest BCUT2D eigenvalue weighted by molar-refractivity contribution is 0.102. The normalized spacial score (nSPS) is 10.7. The van der Waals surface area contributed by atoms with Gasteiger partial charge in [0.1, 0.15) is 22.7 Å². The number of amides is 1. The Bertz CT molecular complexity index is 1330. The van der Waals surface area contributed by atoms with Gasteiger partial charge in [-0.05, 0) is 36.4 Å². The number of hydrogen-bond acceptors (Lipinski definition) is 6. The first-order chi connectivity index (χ1) is 15.0. The maximum absolute atomic E-state index is 12.6. The Kier molecular flexibility index (Phi) is 5.80. The summed E-state index contributed by atoms with van der Waals surface area (Å²) in [6, 6.07) is 18.1. The van der Waals surface area contributed by atoms with Crippen molar-refractivity contribution in [3.05, 3.63) is 76.6 Å². The molecule has 4 aromatic rings. The average molecular weight is 449 g/mol. The molecule has 2 aromatic heterocycles. The van der Waals surface area contributed by atoms with Gasteiger partial charge >= 0.3 is 0 Å². The second kappa shape index (κ2) is 8.68. The van der Waals surface area contributed by atoms with Crippen molar-refractivity contribution in [3.63, 3.8) is 0 Å². The van der Waals surface area contributed by atoms with E-state index in [-0.39, 0.29) is 16.9 Å². The van der Waals surface area contributed by atoms with Crippen molar-refractivity contribution >= 4 is 51.8 Å². The maximum atomic E-state index is 12.6. The summed E-state index contributed by atoms with van der Waals surface area (Å²) in [4.78, 5) is 21.5. The van der Waals surface area contributed by atoms with Crippen LogP contribution in [0.1, 0.15) is 21.7 Å². The molecule has 31 heavy (non-hydrogen) atoms. The number of nitriles is 1. The van der Waals surface area contributed by atoms with Crippen LogP contribution < -0.4 is 11.1 Å². The Morgan fingerprint density at radius 3 is 2.74 bits per heavy atom. The number of nitrogens with two attached hydrogens (primary N) is 1. The minimum Gasteiger partial charge on any atom is -0.383 e. The van der Waals surface area contributed by atoms with Gasteiger partial charge in [0.05, 0.1) is 27.9 Å². The molecule has 4 rings (SSSR count). The van der Waals surface area contributed by atoms with Gasteiger partial charge in [0, 0.05) is 17.8 Å². The highest BCUT2D eigenvalue weighted by Gasteiger charge is 2.17. The number of halogens is 1. The van der Waals surface area contributed by atoms with Crippen LogP contribution >= 0.6 is 23.4 Å². The number of benzene rings is 2. The van der Waals surface area contributed by atoms with E-state index in [1.54, 1.807) is 12.1 Å². The number of imidazole rings is 1. The summed E-state index contributed by atoms with van der Waals surface area (Å²) in [5.74, 6) is 0.917. The molecular formula is C22H17ClN6OS. The van der Waals surface area contributed by atoms with Crippen LogP contribution in [-0.4, -0.2) is 20.4 Å². The monoisotopic (exact) mass is 448 g/mol. The van der Waals surface area contributed by atoms with Gasteiger partial charge in [0.25, 0.3) is 5.91 Å². The number of nitrogen functional groups attached to an aromatic ring is 1. The van der Waals surface area contributed by atoms with Crippen LogP contribution in [0.2, 0.25) is 5.02 Å². The predicted molar refractivity (Wildman–Crippen MR) is 123 cm³/mol. The van der Waals surface area contributed by atoms with Crippen molar-refractivity contribution in [3.8, 4) is 6.07 Å². The first-order valence-electron chi connectivity index (χ1n) is 9.27. The van der Waals surface area contributed by atoms with Gasteiger partial charge in [-0.25, -0.2) is 9.97 Å². The molecular weight excluding hydrogens is 432 g/mol. The van der Waals surface area contributed by atoms with E-state index in [4.69, 9.17) is 17.3 Å². The summed E-state index contributed by atoms with van der Waals surface area (Å²) in [5.41, 5.74) is 8.87. The zero-order valence-electron chi connectivity index (χ0n) is 16.5.